The van der Waals surface area contributed by atoms with E-state index in [-0.39, 0.29) is 5.91 Å². The molecular weight excluding hydrogens is 380 g/mol. The van der Waals surface area contributed by atoms with Crippen molar-refractivity contribution in [1.29, 1.82) is 0 Å². The highest BCUT2D eigenvalue weighted by Crippen LogP contribution is 2.33. The fourth-order valence-electron chi connectivity index (χ4n) is 3.84. The van der Waals surface area contributed by atoms with Gasteiger partial charge >= 0.3 is 0 Å². The highest BCUT2D eigenvalue weighted by Gasteiger charge is 2.29. The number of nitrogens with zero attached hydrogens (tertiary/aromatic N) is 4. The van der Waals surface area contributed by atoms with Crippen LogP contribution in [0.1, 0.15) is 30.1 Å². The van der Waals surface area contributed by atoms with Crippen LogP contribution >= 0.6 is 0 Å². The van der Waals surface area contributed by atoms with Gasteiger partial charge in [0.25, 0.3) is 5.91 Å². The van der Waals surface area contributed by atoms with E-state index in [1.807, 2.05) is 30.1 Å². The minimum absolute atomic E-state index is 0.135. The maximum atomic E-state index is 11.8. The first-order chi connectivity index (χ1) is 14.4. The second-order valence-electron chi connectivity index (χ2n) is 7.96. The topological polar surface area (TPSA) is 94.8 Å². The summed E-state index contributed by atoms with van der Waals surface area (Å²) in [6, 6.07) is 10.5. The number of carbonyl (C=O) groups excluding carboxylic acids is 2. The van der Waals surface area contributed by atoms with Crippen molar-refractivity contribution in [3.8, 4) is 0 Å². The number of carbonyl (C=O) groups is 2. The van der Waals surface area contributed by atoms with Crippen molar-refractivity contribution < 1.29 is 9.59 Å². The summed E-state index contributed by atoms with van der Waals surface area (Å²) in [5.41, 5.74) is 8.83. The Labute approximate surface area is 176 Å². The standard InChI is InChI=1S/C22H28N6O2/c1-15(29)27-9-11-28(12-10-27)18-5-3-16(4-6-18)25-21-13-20(26(2)17-7-8-17)19(14-24-21)22(23)30/h3-6,13-14,17H,7-12H2,1-2H3,(H2,23,30)(H,24,25). The molecule has 2 aromatic rings. The third kappa shape index (κ3) is 4.32. The lowest BCUT2D eigenvalue weighted by Crippen LogP contribution is -2.48. The van der Waals surface area contributed by atoms with Gasteiger partial charge in [-0.05, 0) is 37.1 Å². The molecule has 4 rings (SSSR count). The highest BCUT2D eigenvalue weighted by atomic mass is 16.2. The number of rotatable bonds is 6. The minimum atomic E-state index is -0.467. The van der Waals surface area contributed by atoms with E-state index in [1.165, 1.54) is 0 Å². The zero-order chi connectivity index (χ0) is 21.3. The Kier molecular flexibility index (Phi) is 5.48. The number of anilines is 4. The van der Waals surface area contributed by atoms with Crippen molar-refractivity contribution in [3.63, 3.8) is 0 Å². The van der Waals surface area contributed by atoms with E-state index < -0.39 is 5.91 Å². The van der Waals surface area contributed by atoms with Gasteiger partial charge in [-0.15, -0.1) is 0 Å². The lowest BCUT2D eigenvalue weighted by molar-refractivity contribution is -0.129. The van der Waals surface area contributed by atoms with Gasteiger partial charge in [-0.1, -0.05) is 0 Å². The van der Waals surface area contributed by atoms with Crippen molar-refractivity contribution in [1.82, 2.24) is 9.88 Å². The molecule has 0 atom stereocenters. The summed E-state index contributed by atoms with van der Waals surface area (Å²) in [6.07, 6.45) is 3.80. The molecule has 158 valence electrons. The van der Waals surface area contributed by atoms with E-state index in [0.717, 1.165) is 56.1 Å². The fourth-order valence-corrected chi connectivity index (χ4v) is 3.84. The maximum Gasteiger partial charge on any atom is 0.252 e. The smallest absolute Gasteiger partial charge is 0.252 e. The van der Waals surface area contributed by atoms with Crippen LogP contribution in [0.3, 0.4) is 0 Å². The average Bonchev–Trinajstić information content (AvgIpc) is 3.59. The monoisotopic (exact) mass is 408 g/mol. The van der Waals surface area contributed by atoms with Crippen molar-refractivity contribution >= 4 is 34.7 Å². The first-order valence-corrected chi connectivity index (χ1v) is 10.3. The molecule has 3 N–H and O–H groups in total. The van der Waals surface area contributed by atoms with Crippen LogP contribution in [0.25, 0.3) is 0 Å². The molecule has 0 unspecified atom stereocenters. The number of piperazine rings is 1. The molecule has 2 amide bonds. The van der Waals surface area contributed by atoms with Crippen LogP contribution in [-0.2, 0) is 4.79 Å². The van der Waals surface area contributed by atoms with E-state index in [9.17, 15) is 9.59 Å². The van der Waals surface area contributed by atoms with E-state index in [1.54, 1.807) is 13.1 Å². The zero-order valence-electron chi connectivity index (χ0n) is 17.5. The van der Waals surface area contributed by atoms with Gasteiger partial charge in [-0.2, -0.15) is 0 Å². The van der Waals surface area contributed by atoms with E-state index in [0.29, 0.717) is 17.4 Å². The van der Waals surface area contributed by atoms with Gasteiger partial charge in [0.1, 0.15) is 5.82 Å². The first-order valence-electron chi connectivity index (χ1n) is 10.3. The number of nitrogens with two attached hydrogens (primary N) is 1. The van der Waals surface area contributed by atoms with Crippen molar-refractivity contribution in [2.24, 2.45) is 5.73 Å². The Balaban J connectivity index is 1.45. The number of benzene rings is 1. The molecule has 1 aliphatic heterocycles. The third-order valence-electron chi connectivity index (χ3n) is 5.85. The van der Waals surface area contributed by atoms with Crippen LogP contribution in [0, 0.1) is 0 Å². The first kappa shape index (κ1) is 20.0. The molecule has 8 heteroatoms. The Morgan fingerprint density at radius 3 is 2.37 bits per heavy atom. The third-order valence-corrected chi connectivity index (χ3v) is 5.85. The predicted molar refractivity (Wildman–Crippen MR) is 118 cm³/mol. The van der Waals surface area contributed by atoms with Crippen LogP contribution in [0.5, 0.6) is 0 Å². The Morgan fingerprint density at radius 2 is 1.80 bits per heavy atom. The molecule has 0 spiro atoms. The summed E-state index contributed by atoms with van der Waals surface area (Å²) in [6.45, 7) is 4.79. The van der Waals surface area contributed by atoms with Crippen LogP contribution in [0.2, 0.25) is 0 Å². The van der Waals surface area contributed by atoms with Crippen molar-refractivity contribution in [2.75, 3.05) is 48.3 Å². The highest BCUT2D eigenvalue weighted by molar-refractivity contribution is 5.99. The largest absolute Gasteiger partial charge is 0.371 e. The number of pyridine rings is 1. The molecular formula is C22H28N6O2. The number of aromatic nitrogens is 1. The summed E-state index contributed by atoms with van der Waals surface area (Å²) in [5.74, 6) is 0.340. The summed E-state index contributed by atoms with van der Waals surface area (Å²) >= 11 is 0. The van der Waals surface area contributed by atoms with Crippen LogP contribution < -0.4 is 20.9 Å². The quantitative estimate of drug-likeness (QED) is 0.761. The molecule has 1 saturated heterocycles. The number of amides is 2. The van der Waals surface area contributed by atoms with Crippen LogP contribution in [0.15, 0.2) is 36.5 Å². The van der Waals surface area contributed by atoms with Gasteiger partial charge < -0.3 is 25.8 Å². The van der Waals surface area contributed by atoms with Gasteiger partial charge in [0.2, 0.25) is 5.91 Å². The second kappa shape index (κ2) is 8.22. The lowest BCUT2D eigenvalue weighted by Gasteiger charge is -2.35. The Hall–Kier alpha value is -3.29. The van der Waals surface area contributed by atoms with E-state index >= 15 is 0 Å². The van der Waals surface area contributed by atoms with Crippen molar-refractivity contribution in [3.05, 3.63) is 42.1 Å². The second-order valence-corrected chi connectivity index (χ2v) is 7.96. The SMILES string of the molecule is CC(=O)N1CCN(c2ccc(Nc3cc(N(C)C4CC4)c(C(N)=O)cn3)cc2)CC1. The Morgan fingerprint density at radius 1 is 1.13 bits per heavy atom. The van der Waals surface area contributed by atoms with Gasteiger partial charge in [-0.25, -0.2) is 4.98 Å². The van der Waals surface area contributed by atoms with Gasteiger partial charge in [-0.3, -0.25) is 9.59 Å². The van der Waals surface area contributed by atoms with Gasteiger partial charge in [0, 0.05) is 69.8 Å². The zero-order valence-corrected chi connectivity index (χ0v) is 17.5. The number of hydrogen-bond donors (Lipinski definition) is 2. The van der Waals surface area contributed by atoms with Gasteiger partial charge in [0.15, 0.2) is 0 Å². The summed E-state index contributed by atoms with van der Waals surface area (Å²) in [7, 11) is 1.99. The van der Waals surface area contributed by atoms with Crippen molar-refractivity contribution in [2.45, 2.75) is 25.8 Å². The molecule has 0 radical (unpaired) electrons. The van der Waals surface area contributed by atoms with Gasteiger partial charge in [0.05, 0.1) is 11.3 Å². The van der Waals surface area contributed by atoms with Crippen LogP contribution in [0.4, 0.5) is 22.9 Å². The minimum Gasteiger partial charge on any atom is -0.371 e. The normalized spacial score (nSPS) is 16.3. The summed E-state index contributed by atoms with van der Waals surface area (Å²) in [5, 5.41) is 3.32. The number of nitrogens with one attached hydrogen (secondary N) is 1. The molecule has 2 heterocycles. The molecule has 0 bridgehead atoms. The predicted octanol–water partition coefficient (Wildman–Crippen LogP) is 2.19. The van der Waals surface area contributed by atoms with E-state index in [2.05, 4.69) is 32.2 Å². The molecule has 2 fully saturated rings. The molecule has 8 nitrogen and oxygen atoms in total. The number of hydrogen-bond acceptors (Lipinski definition) is 6. The molecule has 2 aliphatic rings. The molecule has 1 saturated carbocycles. The molecule has 1 aliphatic carbocycles. The molecule has 30 heavy (non-hydrogen) atoms. The molecule has 1 aromatic heterocycles. The summed E-state index contributed by atoms with van der Waals surface area (Å²) in [4.78, 5) is 33.9. The lowest BCUT2D eigenvalue weighted by atomic mass is 10.2. The fraction of sp³-hybridized carbons (Fsp3) is 0.409. The van der Waals surface area contributed by atoms with E-state index in [4.69, 9.17) is 5.73 Å². The van der Waals surface area contributed by atoms with Crippen LogP contribution in [-0.4, -0.2) is 61.0 Å². The average molecular weight is 409 g/mol. The number of primary amides is 1. The maximum absolute atomic E-state index is 11.8. The molecule has 1 aromatic carbocycles. The Bertz CT molecular complexity index is 933. The summed E-state index contributed by atoms with van der Waals surface area (Å²) < 4.78 is 0.